The van der Waals surface area contributed by atoms with Gasteiger partial charge in [-0.25, -0.2) is 4.98 Å². The fourth-order valence-corrected chi connectivity index (χ4v) is 16.6. The maximum atomic E-state index is 5.69. The van der Waals surface area contributed by atoms with Gasteiger partial charge < -0.3 is 9.13 Å². The highest BCUT2D eigenvalue weighted by molar-refractivity contribution is 7.27. The third-order valence-electron chi connectivity index (χ3n) is 16.1. The first kappa shape index (κ1) is 42.7. The average Bonchev–Trinajstić information content (AvgIpc) is 4.51. The molecule has 0 bridgehead atoms. The van der Waals surface area contributed by atoms with E-state index in [9.17, 15) is 0 Å². The molecule has 0 amide bonds. The first-order valence-corrected chi connectivity index (χ1v) is 28.6. The van der Waals surface area contributed by atoms with Gasteiger partial charge in [0.1, 0.15) is 0 Å². The quantitative estimate of drug-likeness (QED) is 0.173. The Morgan fingerprint density at radius 3 is 0.974 bits per heavy atom. The highest BCUT2D eigenvalue weighted by Crippen LogP contribution is 2.48. The number of hydrogen-bond acceptors (Lipinski definition) is 6. The van der Waals surface area contributed by atoms with E-state index in [2.05, 4.69) is 244 Å². The van der Waals surface area contributed by atoms with Gasteiger partial charge in [0, 0.05) is 104 Å². The van der Waals surface area contributed by atoms with E-state index in [0.717, 1.165) is 61.0 Å². The summed E-state index contributed by atoms with van der Waals surface area (Å²) in [6.07, 6.45) is 0. The van der Waals surface area contributed by atoms with Crippen molar-refractivity contribution in [2.24, 2.45) is 0 Å². The first-order chi connectivity index (χ1) is 38.7. The molecule has 0 aliphatic heterocycles. The molecule has 0 spiro atoms. The van der Waals surface area contributed by atoms with Crippen LogP contribution in [-0.4, -0.2) is 28.7 Å². The zero-order valence-electron chi connectivity index (χ0n) is 41.3. The fourth-order valence-electron chi connectivity index (χ4n) is 12.9. The van der Waals surface area contributed by atoms with E-state index in [-0.39, 0.29) is 0 Å². The smallest absolute Gasteiger partial charge is 0.238 e. The van der Waals surface area contributed by atoms with Gasteiger partial charge in [-0.05, 0) is 78.9 Å². The molecule has 11 aromatic carbocycles. The van der Waals surface area contributed by atoms with Gasteiger partial charge in [0.25, 0.3) is 0 Å². The van der Waals surface area contributed by atoms with Crippen molar-refractivity contribution < 1.29 is 0 Å². The second kappa shape index (κ2) is 16.0. The van der Waals surface area contributed by atoms with E-state index in [1.807, 2.05) is 34.0 Å². The van der Waals surface area contributed by atoms with Crippen molar-refractivity contribution in [2.45, 2.75) is 0 Å². The van der Waals surface area contributed by atoms with Gasteiger partial charge in [0.05, 0.1) is 44.5 Å². The lowest BCUT2D eigenvalue weighted by Gasteiger charge is -2.17. The van der Waals surface area contributed by atoms with Gasteiger partial charge in [0.2, 0.25) is 5.95 Å². The lowest BCUT2D eigenvalue weighted by atomic mass is 10.1. The molecular formula is C69H38N6S3. The van der Waals surface area contributed by atoms with E-state index in [0.29, 0.717) is 17.6 Å². The van der Waals surface area contributed by atoms with E-state index >= 15 is 0 Å². The van der Waals surface area contributed by atoms with Crippen LogP contribution in [0.15, 0.2) is 231 Å². The standard InChI is InChI=1S/C69H38N6S3/c1-9-25-50-45(20-1)61-55(36-33-42-39-17-6-14-30-58(39)76-64(42)61)73(50)53-28-12-4-23-48(53)67-70-68(72-69(71-67)75-52-27-11-3-22-47(52)63-57(75)38-35-44-41-19-8-16-32-60(41)78-66(44)63)49-24-5-13-29-54(49)74-51-26-10-2-21-46(51)62-56(74)37-34-43-40-18-7-15-31-59(40)77-65(43)62/h1-38H. The highest BCUT2D eigenvalue weighted by atomic mass is 32.1. The normalized spacial score (nSPS) is 12.4. The van der Waals surface area contributed by atoms with Crippen LogP contribution in [0, 0.1) is 0 Å². The van der Waals surface area contributed by atoms with Crippen LogP contribution < -0.4 is 0 Å². The van der Waals surface area contributed by atoms with Crippen molar-refractivity contribution in [3.63, 3.8) is 0 Å². The van der Waals surface area contributed by atoms with Crippen LogP contribution in [0.4, 0.5) is 0 Å². The maximum absolute atomic E-state index is 5.69. The number of nitrogens with zero attached hydrogens (tertiary/aromatic N) is 6. The summed E-state index contributed by atoms with van der Waals surface area (Å²) in [5.41, 5.74) is 10.4. The van der Waals surface area contributed by atoms with Crippen molar-refractivity contribution in [2.75, 3.05) is 0 Å². The zero-order valence-corrected chi connectivity index (χ0v) is 43.8. The van der Waals surface area contributed by atoms with Crippen LogP contribution in [0.3, 0.4) is 0 Å². The average molecular weight is 1050 g/mol. The molecule has 6 nitrogen and oxygen atoms in total. The van der Waals surface area contributed by atoms with E-state index < -0.39 is 0 Å². The molecule has 7 aromatic heterocycles. The van der Waals surface area contributed by atoms with E-state index in [1.54, 1.807) is 0 Å². The maximum Gasteiger partial charge on any atom is 0.238 e. The van der Waals surface area contributed by atoms with Gasteiger partial charge in [-0.1, -0.05) is 152 Å². The Bertz CT molecular complexity index is 5360. The third-order valence-corrected chi connectivity index (χ3v) is 19.7. The predicted octanol–water partition coefficient (Wildman–Crippen LogP) is 19.6. The van der Waals surface area contributed by atoms with Crippen molar-refractivity contribution in [1.29, 1.82) is 0 Å². The summed E-state index contributed by atoms with van der Waals surface area (Å²) in [7, 11) is 0. The van der Waals surface area contributed by atoms with Crippen LogP contribution in [-0.2, 0) is 0 Å². The molecule has 7 heterocycles. The van der Waals surface area contributed by atoms with Gasteiger partial charge in [-0.2, -0.15) is 9.97 Å². The molecule has 0 aliphatic rings. The fraction of sp³-hybridized carbons (Fsp3) is 0. The molecule has 78 heavy (non-hydrogen) atoms. The van der Waals surface area contributed by atoms with Crippen molar-refractivity contribution >= 4 is 160 Å². The summed E-state index contributed by atoms with van der Waals surface area (Å²) < 4.78 is 14.8. The predicted molar refractivity (Wildman–Crippen MR) is 332 cm³/mol. The molecule has 0 saturated heterocycles. The summed E-state index contributed by atoms with van der Waals surface area (Å²) in [6, 6.07) is 83.7. The minimum absolute atomic E-state index is 0.551. The summed E-state index contributed by atoms with van der Waals surface area (Å²) in [5.74, 6) is 1.71. The van der Waals surface area contributed by atoms with E-state index in [1.165, 1.54) is 87.4 Å². The van der Waals surface area contributed by atoms with Crippen LogP contribution in [0.1, 0.15) is 0 Å². The SMILES string of the molecule is c1ccc(-n2c3ccccc3c3c4sc5ccccc5c4ccc32)c(-c2nc(-c3ccccc3-n3c4ccccc4c4c5sc6ccccc6c5ccc43)nc(-n3c4ccccc4c4c5sc6ccccc6c5ccc43)n2)c1. The first-order valence-electron chi connectivity index (χ1n) is 26.2. The molecule has 0 unspecified atom stereocenters. The lowest BCUT2D eigenvalue weighted by Crippen LogP contribution is -2.09. The zero-order chi connectivity index (χ0) is 50.7. The second-order valence-corrected chi connectivity index (χ2v) is 23.3. The van der Waals surface area contributed by atoms with Crippen molar-refractivity contribution in [3.05, 3.63) is 231 Å². The number of thiophene rings is 3. The number of benzene rings is 11. The monoisotopic (exact) mass is 1050 g/mol. The minimum atomic E-state index is 0.551. The summed E-state index contributed by atoms with van der Waals surface area (Å²) >= 11 is 5.59. The molecule has 0 atom stereocenters. The van der Waals surface area contributed by atoms with Gasteiger partial charge in [-0.3, -0.25) is 4.57 Å². The number of fused-ring (bicyclic) bond motifs is 21. The van der Waals surface area contributed by atoms with Crippen molar-refractivity contribution in [1.82, 2.24) is 28.7 Å². The largest absolute Gasteiger partial charge is 0.308 e. The van der Waals surface area contributed by atoms with Crippen LogP contribution in [0.2, 0.25) is 0 Å². The number of hydrogen-bond donors (Lipinski definition) is 0. The molecule has 0 saturated carbocycles. The Morgan fingerprint density at radius 2 is 0.564 bits per heavy atom. The van der Waals surface area contributed by atoms with Gasteiger partial charge in [-0.15, -0.1) is 34.0 Å². The minimum Gasteiger partial charge on any atom is -0.308 e. The molecular weight excluding hydrogens is 1010 g/mol. The Balaban J connectivity index is 0.936. The summed E-state index contributed by atoms with van der Waals surface area (Å²) in [5, 5.41) is 14.9. The van der Waals surface area contributed by atoms with Crippen LogP contribution in [0.5, 0.6) is 0 Å². The second-order valence-electron chi connectivity index (χ2n) is 20.2. The number of para-hydroxylation sites is 5. The molecule has 0 fully saturated rings. The number of aromatic nitrogens is 6. The topological polar surface area (TPSA) is 53.5 Å². The third kappa shape index (κ3) is 5.81. The van der Waals surface area contributed by atoms with Gasteiger partial charge in [0.15, 0.2) is 11.6 Å². The van der Waals surface area contributed by atoms with Crippen molar-refractivity contribution in [3.8, 4) is 40.1 Å². The van der Waals surface area contributed by atoms with Crippen LogP contribution in [0.25, 0.3) is 166 Å². The molecule has 362 valence electrons. The van der Waals surface area contributed by atoms with E-state index in [4.69, 9.17) is 15.0 Å². The molecule has 18 aromatic rings. The van der Waals surface area contributed by atoms with Crippen LogP contribution >= 0.6 is 34.0 Å². The molecule has 0 aliphatic carbocycles. The highest BCUT2D eigenvalue weighted by Gasteiger charge is 2.26. The Morgan fingerprint density at radius 1 is 0.244 bits per heavy atom. The Hall–Kier alpha value is -9.51. The Kier molecular flexibility index (Phi) is 8.76. The molecule has 0 N–H and O–H groups in total. The molecule has 18 rings (SSSR count). The van der Waals surface area contributed by atoms with Gasteiger partial charge >= 0.3 is 0 Å². The summed E-state index contributed by atoms with van der Waals surface area (Å²) in [6.45, 7) is 0. The molecule has 9 heteroatoms. The lowest BCUT2D eigenvalue weighted by molar-refractivity contribution is 0.950. The number of rotatable bonds is 5. The molecule has 0 radical (unpaired) electrons. The Labute approximate surface area is 456 Å². The summed E-state index contributed by atoms with van der Waals surface area (Å²) in [4.78, 5) is 17.0.